The van der Waals surface area contributed by atoms with Gasteiger partial charge in [-0.25, -0.2) is 4.79 Å². The highest BCUT2D eigenvalue weighted by Gasteiger charge is 2.39. The average molecular weight is 319 g/mol. The third kappa shape index (κ3) is 4.36. The van der Waals surface area contributed by atoms with Gasteiger partial charge in [-0.15, -0.1) is 0 Å². The van der Waals surface area contributed by atoms with Gasteiger partial charge in [-0.05, 0) is 13.8 Å². The number of aliphatic hydroxyl groups is 1. The van der Waals surface area contributed by atoms with E-state index in [9.17, 15) is 18.0 Å². The van der Waals surface area contributed by atoms with Crippen LogP contribution in [0.1, 0.15) is 25.5 Å². The number of halogens is 3. The van der Waals surface area contributed by atoms with Crippen LogP contribution >= 0.6 is 0 Å². The van der Waals surface area contributed by atoms with Crippen molar-refractivity contribution in [2.45, 2.75) is 32.2 Å². The molecule has 0 aliphatic carbocycles. The molecule has 2 N–H and O–H groups in total. The molecule has 0 radical (unpaired) electrons. The molecule has 1 unspecified atom stereocenters. The number of alkyl halides is 3. The first-order valence-corrected chi connectivity index (χ1v) is 6.32. The van der Waals surface area contributed by atoms with E-state index in [0.717, 1.165) is 7.05 Å². The predicted molar refractivity (Wildman–Crippen MR) is 71.0 cm³/mol. The zero-order valence-electron chi connectivity index (χ0n) is 12.2. The van der Waals surface area contributed by atoms with Crippen LogP contribution in [0, 0.1) is 11.3 Å². The number of hydrogen-bond donors (Lipinski definition) is 2. The lowest BCUT2D eigenvalue weighted by Crippen LogP contribution is -2.43. The maximum atomic E-state index is 12.2. The van der Waals surface area contributed by atoms with Crippen molar-refractivity contribution in [2.24, 2.45) is 0 Å². The summed E-state index contributed by atoms with van der Waals surface area (Å²) in [5, 5.41) is 24.1. The lowest BCUT2D eigenvalue weighted by molar-refractivity contribution is -0.205. The van der Waals surface area contributed by atoms with Gasteiger partial charge in [-0.2, -0.15) is 23.5 Å². The maximum absolute atomic E-state index is 12.2. The Balaban J connectivity index is 2.78. The van der Waals surface area contributed by atoms with Gasteiger partial charge in [0, 0.05) is 19.3 Å². The number of anilines is 1. The van der Waals surface area contributed by atoms with Crippen LogP contribution in [0.25, 0.3) is 0 Å². The van der Waals surface area contributed by atoms with Crippen molar-refractivity contribution >= 4 is 11.8 Å². The second-order valence-corrected chi connectivity index (χ2v) is 4.95. The lowest BCUT2D eigenvalue weighted by atomic mass is 10.3. The highest BCUT2D eigenvalue weighted by Crippen LogP contribution is 2.21. The van der Waals surface area contributed by atoms with Crippen LogP contribution in [0.2, 0.25) is 0 Å². The lowest BCUT2D eigenvalue weighted by Gasteiger charge is -2.22. The summed E-state index contributed by atoms with van der Waals surface area (Å²) in [7, 11) is 1.09. The van der Waals surface area contributed by atoms with E-state index in [4.69, 9.17) is 10.4 Å². The Morgan fingerprint density at radius 1 is 1.59 bits per heavy atom. The van der Waals surface area contributed by atoms with Crippen LogP contribution in [0.4, 0.5) is 23.8 Å². The molecule has 0 saturated carbocycles. The predicted octanol–water partition coefficient (Wildman–Crippen LogP) is 1.72. The number of nitrogens with one attached hydrogen (secondary N) is 1. The Kier molecular flexibility index (Phi) is 5.38. The van der Waals surface area contributed by atoms with Crippen molar-refractivity contribution in [1.29, 1.82) is 5.26 Å². The van der Waals surface area contributed by atoms with Crippen LogP contribution in [-0.2, 0) is 0 Å². The molecule has 2 amide bonds. The van der Waals surface area contributed by atoms with E-state index in [-0.39, 0.29) is 17.4 Å². The van der Waals surface area contributed by atoms with E-state index < -0.39 is 24.9 Å². The Labute approximate surface area is 124 Å². The minimum absolute atomic E-state index is 0.0467. The van der Waals surface area contributed by atoms with Crippen LogP contribution in [0.5, 0.6) is 0 Å². The second kappa shape index (κ2) is 6.65. The normalized spacial score (nSPS) is 12.9. The van der Waals surface area contributed by atoms with Gasteiger partial charge in [0.2, 0.25) is 0 Å². The van der Waals surface area contributed by atoms with Gasteiger partial charge < -0.3 is 10.0 Å². The summed E-state index contributed by atoms with van der Waals surface area (Å²) in [6.45, 7) is 2.69. The minimum atomic E-state index is -4.81. The van der Waals surface area contributed by atoms with Crippen molar-refractivity contribution in [3.05, 3.63) is 11.8 Å². The third-order valence-electron chi connectivity index (χ3n) is 2.78. The highest BCUT2D eigenvalue weighted by molar-refractivity contribution is 5.89. The average Bonchev–Trinajstić information content (AvgIpc) is 2.80. The number of aliphatic hydroxyl groups excluding tert-OH is 1. The summed E-state index contributed by atoms with van der Waals surface area (Å²) in [5.41, 5.74) is 0.0896. The van der Waals surface area contributed by atoms with E-state index in [2.05, 4.69) is 10.4 Å². The Hall–Kier alpha value is -2.28. The highest BCUT2D eigenvalue weighted by atomic mass is 19.4. The first kappa shape index (κ1) is 17.8. The molecule has 1 heterocycles. The van der Waals surface area contributed by atoms with Crippen LogP contribution in [0.3, 0.4) is 0 Å². The third-order valence-corrected chi connectivity index (χ3v) is 2.78. The van der Waals surface area contributed by atoms with E-state index in [1.165, 1.54) is 10.9 Å². The molecular formula is C12H16F3N5O2. The first-order chi connectivity index (χ1) is 10.1. The summed E-state index contributed by atoms with van der Waals surface area (Å²) in [5.74, 6) is -0.0467. The standard InChI is InChI=1S/C12H16F3N5O2/c1-7(2)20-5-8(4-16)10(18-20)17-11(22)19(3)6-9(21)12(13,14)15/h5,7,9,21H,6H2,1-3H3,(H,17,18,22). The van der Waals surface area contributed by atoms with Crippen LogP contribution in [0.15, 0.2) is 6.20 Å². The Bertz CT molecular complexity index is 576. The number of aromatic nitrogens is 2. The number of urea groups is 1. The molecule has 0 aromatic carbocycles. The molecule has 1 rings (SSSR count). The number of likely N-dealkylation sites (N-methyl/N-ethyl adjacent to an activating group) is 1. The molecule has 0 fully saturated rings. The summed E-state index contributed by atoms with van der Waals surface area (Å²) in [6.07, 6.45) is -6.04. The van der Waals surface area contributed by atoms with Crippen LogP contribution < -0.4 is 5.32 Å². The fraction of sp³-hybridized carbons (Fsp3) is 0.583. The first-order valence-electron chi connectivity index (χ1n) is 6.32. The van der Waals surface area contributed by atoms with E-state index >= 15 is 0 Å². The van der Waals surface area contributed by atoms with Gasteiger partial charge >= 0.3 is 12.2 Å². The summed E-state index contributed by atoms with van der Waals surface area (Å²) < 4.78 is 38.2. The summed E-state index contributed by atoms with van der Waals surface area (Å²) in [4.78, 5) is 12.5. The van der Waals surface area contributed by atoms with Crippen molar-refractivity contribution in [1.82, 2.24) is 14.7 Å². The van der Waals surface area contributed by atoms with Gasteiger partial charge in [0.1, 0.15) is 11.6 Å². The fourth-order valence-corrected chi connectivity index (χ4v) is 1.47. The number of amides is 2. The molecule has 0 saturated heterocycles. The molecule has 122 valence electrons. The second-order valence-electron chi connectivity index (χ2n) is 4.95. The molecule has 1 aromatic rings. The number of nitriles is 1. The van der Waals surface area contributed by atoms with Crippen molar-refractivity contribution in [3.8, 4) is 6.07 Å². The summed E-state index contributed by atoms with van der Waals surface area (Å²) >= 11 is 0. The molecule has 7 nitrogen and oxygen atoms in total. The molecule has 1 atom stereocenters. The van der Waals surface area contributed by atoms with Crippen LogP contribution in [-0.4, -0.2) is 51.7 Å². The maximum Gasteiger partial charge on any atom is 0.416 e. The number of rotatable bonds is 4. The molecule has 0 bridgehead atoms. The quantitative estimate of drug-likeness (QED) is 0.883. The molecular weight excluding hydrogens is 303 g/mol. The monoisotopic (exact) mass is 319 g/mol. The van der Waals surface area contributed by atoms with Crippen molar-refractivity contribution in [3.63, 3.8) is 0 Å². The minimum Gasteiger partial charge on any atom is -0.382 e. The van der Waals surface area contributed by atoms with E-state index in [1.54, 1.807) is 0 Å². The number of hydrogen-bond acceptors (Lipinski definition) is 4. The van der Waals surface area contributed by atoms with Crippen molar-refractivity contribution < 1.29 is 23.1 Å². The number of nitrogens with zero attached hydrogens (tertiary/aromatic N) is 4. The van der Waals surface area contributed by atoms with E-state index in [0.29, 0.717) is 4.90 Å². The van der Waals surface area contributed by atoms with Gasteiger partial charge in [0.05, 0.1) is 6.54 Å². The van der Waals surface area contributed by atoms with Gasteiger partial charge in [0.15, 0.2) is 11.9 Å². The molecule has 0 aliphatic heterocycles. The van der Waals surface area contributed by atoms with Gasteiger partial charge in [-0.1, -0.05) is 0 Å². The zero-order chi connectivity index (χ0) is 17.1. The Morgan fingerprint density at radius 3 is 2.64 bits per heavy atom. The Morgan fingerprint density at radius 2 is 2.18 bits per heavy atom. The van der Waals surface area contributed by atoms with Gasteiger partial charge in [0.25, 0.3) is 0 Å². The van der Waals surface area contributed by atoms with Gasteiger partial charge in [-0.3, -0.25) is 10.00 Å². The fourth-order valence-electron chi connectivity index (χ4n) is 1.47. The molecule has 0 aliphatic rings. The topological polar surface area (TPSA) is 94.2 Å². The molecule has 0 spiro atoms. The number of carbonyl (C=O) groups excluding carboxylic acids is 1. The van der Waals surface area contributed by atoms with E-state index in [1.807, 2.05) is 19.9 Å². The molecule has 22 heavy (non-hydrogen) atoms. The van der Waals surface area contributed by atoms with Crippen molar-refractivity contribution in [2.75, 3.05) is 18.9 Å². The number of carbonyl (C=O) groups is 1. The zero-order valence-corrected chi connectivity index (χ0v) is 12.2. The molecule has 1 aromatic heterocycles. The SMILES string of the molecule is CC(C)n1cc(C#N)c(NC(=O)N(C)CC(O)C(F)(F)F)n1. The summed E-state index contributed by atoms with van der Waals surface area (Å²) in [6, 6.07) is 0.872. The largest absolute Gasteiger partial charge is 0.416 e. The smallest absolute Gasteiger partial charge is 0.382 e. The molecule has 10 heteroatoms.